The molecule has 0 saturated heterocycles. The number of ether oxygens (including phenoxy) is 3. The fourth-order valence-electron chi connectivity index (χ4n) is 6.02. The van der Waals surface area contributed by atoms with Crippen LogP contribution in [0.5, 0.6) is 11.5 Å². The van der Waals surface area contributed by atoms with Crippen LogP contribution in [0, 0.1) is 6.92 Å². The maximum Gasteiger partial charge on any atom is 0.338 e. The van der Waals surface area contributed by atoms with Gasteiger partial charge in [-0.1, -0.05) is 73.5 Å². The van der Waals surface area contributed by atoms with Gasteiger partial charge >= 0.3 is 5.97 Å². The van der Waals surface area contributed by atoms with Gasteiger partial charge in [0.2, 0.25) is 0 Å². The molecule has 3 aromatic carbocycles. The fraction of sp³-hybridized carbons (Fsp3) is 0.250. The van der Waals surface area contributed by atoms with E-state index in [1.807, 2.05) is 37.3 Å². The lowest BCUT2D eigenvalue weighted by atomic mass is 9.95. The van der Waals surface area contributed by atoms with Crippen LogP contribution in [0.4, 0.5) is 0 Å². The Kier molecular flexibility index (Phi) is 9.59. The second-order valence-electron chi connectivity index (χ2n) is 11.0. The molecule has 0 spiro atoms. The Labute approximate surface area is 292 Å². The molecule has 5 aromatic rings. The summed E-state index contributed by atoms with van der Waals surface area (Å²) < 4.78 is 23.0. The van der Waals surface area contributed by atoms with E-state index in [1.54, 1.807) is 37.7 Å². The van der Waals surface area contributed by atoms with Crippen molar-refractivity contribution in [3.05, 3.63) is 123 Å². The number of rotatable bonds is 9. The lowest BCUT2D eigenvalue weighted by molar-refractivity contribution is -0.139. The summed E-state index contributed by atoms with van der Waals surface area (Å²) in [5.74, 6) is 0.505. The fourth-order valence-corrected chi connectivity index (χ4v) is 7.85. The second kappa shape index (κ2) is 13.7. The van der Waals surface area contributed by atoms with Crippen molar-refractivity contribution in [1.29, 1.82) is 0 Å². The minimum atomic E-state index is -0.814. The number of hydrogen-bond acceptors (Lipinski definition) is 7. The molecule has 1 aliphatic heterocycles. The molecule has 242 valence electrons. The topological polar surface area (TPSA) is 84.1 Å². The van der Waals surface area contributed by atoms with Crippen LogP contribution in [-0.4, -0.2) is 35.4 Å². The average Bonchev–Trinajstić information content (AvgIpc) is 3.50. The molecule has 0 aliphatic carbocycles. The molecule has 2 aromatic heterocycles. The monoisotopic (exact) mass is 777 g/mol. The minimum Gasteiger partial charge on any atom is -0.493 e. The highest BCUT2D eigenvalue weighted by Gasteiger charge is 2.35. The maximum atomic E-state index is 14.5. The van der Waals surface area contributed by atoms with E-state index in [-0.39, 0.29) is 12.2 Å². The van der Waals surface area contributed by atoms with Crippen LogP contribution < -0.4 is 24.4 Å². The summed E-state index contributed by atoms with van der Waals surface area (Å²) in [6, 6.07) is 19.3. The molecule has 0 unspecified atom stereocenters. The van der Waals surface area contributed by atoms with Gasteiger partial charge in [0, 0.05) is 37.7 Å². The Balaban J connectivity index is 1.56. The van der Waals surface area contributed by atoms with E-state index in [4.69, 9.17) is 19.2 Å². The van der Waals surface area contributed by atoms with Gasteiger partial charge in [-0.3, -0.25) is 9.36 Å². The number of thiazole rings is 1. The summed E-state index contributed by atoms with van der Waals surface area (Å²) in [6.45, 7) is 8.82. The highest BCUT2D eigenvalue weighted by molar-refractivity contribution is 9.10. The van der Waals surface area contributed by atoms with Gasteiger partial charge in [-0.15, -0.1) is 0 Å². The largest absolute Gasteiger partial charge is 0.493 e. The van der Waals surface area contributed by atoms with Crippen LogP contribution in [0.1, 0.15) is 49.2 Å². The highest BCUT2D eigenvalue weighted by atomic mass is 79.9. The van der Waals surface area contributed by atoms with Crippen LogP contribution >= 0.6 is 43.2 Å². The molecule has 47 heavy (non-hydrogen) atoms. The number of para-hydroxylation sites is 1. The van der Waals surface area contributed by atoms with E-state index in [9.17, 15) is 9.59 Å². The van der Waals surface area contributed by atoms with Crippen molar-refractivity contribution in [3.8, 4) is 11.5 Å². The van der Waals surface area contributed by atoms with Crippen molar-refractivity contribution >= 4 is 66.1 Å². The first kappa shape index (κ1) is 33.0. The predicted molar refractivity (Wildman–Crippen MR) is 192 cm³/mol. The van der Waals surface area contributed by atoms with Crippen molar-refractivity contribution in [2.75, 3.05) is 20.3 Å². The number of halogens is 2. The average molecular weight is 780 g/mol. The summed E-state index contributed by atoms with van der Waals surface area (Å²) in [4.78, 5) is 33.2. The molecular weight excluding hydrogens is 746 g/mol. The summed E-state index contributed by atoms with van der Waals surface area (Å²) in [5, 5.41) is 1.05. The first-order valence-electron chi connectivity index (χ1n) is 15.2. The first-order chi connectivity index (χ1) is 22.7. The number of esters is 1. The van der Waals surface area contributed by atoms with Crippen molar-refractivity contribution < 1.29 is 19.0 Å². The minimum absolute atomic E-state index is 0.185. The Hall–Kier alpha value is -3.93. The molecule has 0 amide bonds. The van der Waals surface area contributed by atoms with Crippen LogP contribution in [-0.2, 0) is 16.1 Å². The third kappa shape index (κ3) is 6.12. The van der Waals surface area contributed by atoms with Crippen molar-refractivity contribution in [2.45, 2.75) is 40.3 Å². The lowest BCUT2D eigenvalue weighted by Gasteiger charge is -2.26. The molecule has 8 nitrogen and oxygen atoms in total. The van der Waals surface area contributed by atoms with Crippen molar-refractivity contribution in [2.24, 2.45) is 4.99 Å². The summed E-state index contributed by atoms with van der Waals surface area (Å²) in [5.41, 5.74) is 5.43. The van der Waals surface area contributed by atoms with Gasteiger partial charge in [0.15, 0.2) is 16.3 Å². The van der Waals surface area contributed by atoms with Crippen LogP contribution in [0.3, 0.4) is 0 Å². The summed E-state index contributed by atoms with van der Waals surface area (Å²) >= 11 is 8.52. The number of carbonyl (C=O) groups excluding carboxylic acids is 1. The standard InChI is InChI=1S/C36H33Br2N3O5S/c1-6-45-30-18-27(38)26(16-29(30)44-5)33-32(35(43)46-7-2)20(3)39-36-41(33)34(42)31(47-36)17-25-21(4)40(28-11-9-8-10-24(25)28)19-22-12-14-23(37)15-13-22/h8-18,33H,6-7,19H2,1-5H3/b31-17+/t33-/m1/s1. The number of allylic oxidation sites excluding steroid dienone is 1. The Morgan fingerprint density at radius 2 is 1.77 bits per heavy atom. The zero-order chi connectivity index (χ0) is 33.4. The van der Waals surface area contributed by atoms with Gasteiger partial charge in [-0.2, -0.15) is 0 Å². The van der Waals surface area contributed by atoms with E-state index in [0.29, 0.717) is 55.3 Å². The van der Waals surface area contributed by atoms with E-state index >= 15 is 0 Å². The SMILES string of the molecule is CCOC(=O)C1=C(C)N=c2s/c(=C/c3c(C)n(Cc4ccc(Br)cc4)c4ccccc34)c(=O)n2[C@@H]1c1cc(OC)c(OCC)cc1Br. The van der Waals surface area contributed by atoms with Crippen LogP contribution in [0.25, 0.3) is 17.0 Å². The van der Waals surface area contributed by atoms with Gasteiger partial charge in [0.05, 0.1) is 42.2 Å². The number of nitrogens with zero attached hydrogens (tertiary/aromatic N) is 3. The van der Waals surface area contributed by atoms with Gasteiger partial charge in [-0.05, 0) is 75.2 Å². The Morgan fingerprint density at radius 3 is 2.47 bits per heavy atom. The predicted octanol–water partition coefficient (Wildman–Crippen LogP) is 7.04. The second-order valence-corrected chi connectivity index (χ2v) is 13.8. The molecule has 0 radical (unpaired) electrons. The molecular formula is C36H33Br2N3O5S. The lowest BCUT2D eigenvalue weighted by Crippen LogP contribution is -2.40. The molecule has 0 bridgehead atoms. The summed E-state index contributed by atoms with van der Waals surface area (Å²) in [6.07, 6.45) is 1.95. The normalized spacial score (nSPS) is 14.7. The van der Waals surface area contributed by atoms with Gasteiger partial charge < -0.3 is 18.8 Å². The third-order valence-corrected chi connectivity index (χ3v) is 10.4. The number of methoxy groups -OCH3 is 1. The number of hydrogen-bond donors (Lipinski definition) is 0. The van der Waals surface area contributed by atoms with Crippen molar-refractivity contribution in [3.63, 3.8) is 0 Å². The molecule has 1 aliphatic rings. The van der Waals surface area contributed by atoms with E-state index < -0.39 is 12.0 Å². The van der Waals surface area contributed by atoms with Crippen LogP contribution in [0.15, 0.2) is 90.7 Å². The Morgan fingerprint density at radius 1 is 1.02 bits per heavy atom. The van der Waals surface area contributed by atoms with E-state index in [2.05, 4.69) is 67.6 Å². The molecule has 11 heteroatoms. The van der Waals surface area contributed by atoms with Gasteiger partial charge in [0.25, 0.3) is 5.56 Å². The quantitative estimate of drug-likeness (QED) is 0.150. The molecule has 0 saturated carbocycles. The smallest absolute Gasteiger partial charge is 0.338 e. The number of fused-ring (bicyclic) bond motifs is 2. The maximum absolute atomic E-state index is 14.5. The molecule has 0 fully saturated rings. The number of benzene rings is 3. The van der Waals surface area contributed by atoms with Gasteiger partial charge in [-0.25, -0.2) is 9.79 Å². The molecule has 1 atom stereocenters. The Bertz CT molecular complexity index is 2230. The van der Waals surface area contributed by atoms with E-state index in [1.165, 1.54) is 16.9 Å². The summed E-state index contributed by atoms with van der Waals surface area (Å²) in [7, 11) is 1.56. The van der Waals surface area contributed by atoms with E-state index in [0.717, 1.165) is 26.6 Å². The van der Waals surface area contributed by atoms with Crippen molar-refractivity contribution in [1.82, 2.24) is 9.13 Å². The first-order valence-corrected chi connectivity index (χ1v) is 17.6. The van der Waals surface area contributed by atoms with Crippen LogP contribution in [0.2, 0.25) is 0 Å². The van der Waals surface area contributed by atoms with Gasteiger partial charge in [0.1, 0.15) is 0 Å². The number of aromatic nitrogens is 2. The molecule has 0 N–H and O–H groups in total. The zero-order valence-corrected chi connectivity index (χ0v) is 30.6. The highest BCUT2D eigenvalue weighted by Crippen LogP contribution is 2.41. The number of carbonyl (C=O) groups is 1. The zero-order valence-electron chi connectivity index (χ0n) is 26.6. The molecule has 6 rings (SSSR count). The third-order valence-electron chi connectivity index (χ3n) is 8.20. The molecule has 3 heterocycles.